The molecule has 9 heteroatoms. The monoisotopic (exact) mass is 438 g/mol. The highest BCUT2D eigenvalue weighted by Gasteiger charge is 2.41. The summed E-state index contributed by atoms with van der Waals surface area (Å²) in [6.45, 7) is 7.11. The lowest BCUT2D eigenvalue weighted by atomic mass is 9.79. The Hall–Kier alpha value is -3.49. The standard InChI is InChI=1S/C23H27FN6O2/c1-4-6-11-32-15-7-8-17(18(24)12-15)23(3)13-16(19-9-10-30(5-2)29-19)20(22(31)27-23)21-25-14-26-28-21/h7-10,12,14H,4-6,11,13H2,1-3H3,(H,27,31)(H,25,26,28)/t23-/m0/s1. The van der Waals surface area contributed by atoms with Gasteiger partial charge in [0.25, 0.3) is 5.91 Å². The van der Waals surface area contributed by atoms with Gasteiger partial charge in [0.1, 0.15) is 17.9 Å². The molecule has 168 valence electrons. The minimum atomic E-state index is -0.974. The van der Waals surface area contributed by atoms with Crippen LogP contribution in [-0.4, -0.2) is 37.5 Å². The molecule has 1 atom stereocenters. The summed E-state index contributed by atoms with van der Waals surface area (Å²) in [4.78, 5) is 17.4. The minimum absolute atomic E-state index is 0.336. The van der Waals surface area contributed by atoms with Crippen molar-refractivity contribution in [2.45, 2.75) is 52.1 Å². The minimum Gasteiger partial charge on any atom is -0.493 e. The van der Waals surface area contributed by atoms with E-state index in [1.54, 1.807) is 16.8 Å². The fourth-order valence-electron chi connectivity index (χ4n) is 3.96. The first kappa shape index (κ1) is 21.7. The van der Waals surface area contributed by atoms with Crippen LogP contribution < -0.4 is 10.1 Å². The molecule has 8 nitrogen and oxygen atoms in total. The molecule has 3 heterocycles. The van der Waals surface area contributed by atoms with E-state index in [-0.39, 0.29) is 5.91 Å². The van der Waals surface area contributed by atoms with E-state index in [9.17, 15) is 4.79 Å². The molecule has 1 amide bonds. The summed E-state index contributed by atoms with van der Waals surface area (Å²) < 4.78 is 22.6. The van der Waals surface area contributed by atoms with Gasteiger partial charge in [-0.1, -0.05) is 19.4 Å². The van der Waals surface area contributed by atoms with Gasteiger partial charge in [-0.15, -0.1) is 0 Å². The molecule has 0 spiro atoms. The van der Waals surface area contributed by atoms with Crippen molar-refractivity contribution in [2.75, 3.05) is 6.61 Å². The molecule has 32 heavy (non-hydrogen) atoms. The van der Waals surface area contributed by atoms with E-state index < -0.39 is 11.4 Å². The number of aromatic amines is 1. The summed E-state index contributed by atoms with van der Waals surface area (Å²) in [5, 5.41) is 14.2. The fraction of sp³-hybridized carbons (Fsp3) is 0.391. The highest BCUT2D eigenvalue weighted by molar-refractivity contribution is 6.27. The van der Waals surface area contributed by atoms with E-state index in [1.165, 1.54) is 12.4 Å². The van der Waals surface area contributed by atoms with Crippen LogP contribution in [0.4, 0.5) is 4.39 Å². The Bertz CT molecular complexity index is 1140. The van der Waals surface area contributed by atoms with Crippen LogP contribution >= 0.6 is 0 Å². The Kier molecular flexibility index (Phi) is 6.07. The number of unbranched alkanes of at least 4 members (excludes halogenated alkanes) is 1. The van der Waals surface area contributed by atoms with Gasteiger partial charge in [-0.25, -0.2) is 9.37 Å². The van der Waals surface area contributed by atoms with Crippen molar-refractivity contribution in [2.24, 2.45) is 0 Å². The lowest BCUT2D eigenvalue weighted by molar-refractivity contribution is -0.117. The highest BCUT2D eigenvalue weighted by Crippen LogP contribution is 2.41. The maximum atomic E-state index is 15.2. The first-order valence-electron chi connectivity index (χ1n) is 10.8. The molecule has 2 aromatic heterocycles. The van der Waals surface area contributed by atoms with Crippen molar-refractivity contribution in [1.29, 1.82) is 0 Å². The molecule has 1 aliphatic heterocycles. The molecule has 0 saturated carbocycles. The number of hydrogen-bond acceptors (Lipinski definition) is 5. The normalized spacial score (nSPS) is 18.7. The second kappa shape index (κ2) is 8.94. The maximum absolute atomic E-state index is 15.2. The van der Waals surface area contributed by atoms with Gasteiger partial charge in [0.05, 0.1) is 23.4 Å². The third-order valence-electron chi connectivity index (χ3n) is 5.68. The number of rotatable bonds is 8. The van der Waals surface area contributed by atoms with Crippen molar-refractivity contribution >= 4 is 17.1 Å². The van der Waals surface area contributed by atoms with Gasteiger partial charge in [-0.05, 0) is 38.0 Å². The summed E-state index contributed by atoms with van der Waals surface area (Å²) in [5.74, 6) is 0.0403. The number of nitrogens with one attached hydrogen (secondary N) is 2. The number of hydrogen-bond donors (Lipinski definition) is 2. The number of aromatic nitrogens is 5. The number of carbonyl (C=O) groups excluding carboxylic acids is 1. The summed E-state index contributed by atoms with van der Waals surface area (Å²) in [6.07, 6.45) is 5.44. The molecule has 0 bridgehead atoms. The molecule has 1 aliphatic rings. The van der Waals surface area contributed by atoms with Crippen LogP contribution in [0.3, 0.4) is 0 Å². The van der Waals surface area contributed by atoms with Crippen LogP contribution in [0.5, 0.6) is 5.75 Å². The Morgan fingerprint density at radius 3 is 2.78 bits per heavy atom. The number of aryl methyl sites for hydroxylation is 1. The smallest absolute Gasteiger partial charge is 0.256 e. The lowest BCUT2D eigenvalue weighted by Gasteiger charge is -2.37. The second-order valence-corrected chi connectivity index (χ2v) is 8.05. The van der Waals surface area contributed by atoms with Gasteiger partial charge in [0, 0.05) is 30.8 Å². The number of H-pyrrole nitrogens is 1. The van der Waals surface area contributed by atoms with Gasteiger partial charge in [0.2, 0.25) is 0 Å². The molecule has 0 radical (unpaired) electrons. The molecule has 3 aromatic rings. The number of benzene rings is 1. The Balaban J connectivity index is 1.73. The molecule has 0 aliphatic carbocycles. The van der Waals surface area contributed by atoms with Gasteiger partial charge in [-0.3, -0.25) is 14.6 Å². The van der Waals surface area contributed by atoms with Gasteiger partial charge >= 0.3 is 0 Å². The number of nitrogens with zero attached hydrogens (tertiary/aromatic N) is 4. The maximum Gasteiger partial charge on any atom is 0.256 e. The number of amides is 1. The zero-order valence-corrected chi connectivity index (χ0v) is 18.5. The van der Waals surface area contributed by atoms with Crippen LogP contribution in [0.15, 0.2) is 36.8 Å². The Labute approximate surface area is 185 Å². The first-order valence-corrected chi connectivity index (χ1v) is 10.8. The summed E-state index contributed by atoms with van der Waals surface area (Å²) in [6, 6.07) is 6.66. The predicted molar refractivity (Wildman–Crippen MR) is 118 cm³/mol. The van der Waals surface area contributed by atoms with Gasteiger partial charge in [0.15, 0.2) is 5.82 Å². The summed E-state index contributed by atoms with van der Waals surface area (Å²) in [5.41, 5.74) is 1.11. The first-order chi connectivity index (χ1) is 15.4. The highest BCUT2D eigenvalue weighted by atomic mass is 19.1. The predicted octanol–water partition coefficient (Wildman–Crippen LogP) is 3.69. The van der Waals surface area contributed by atoms with E-state index in [1.807, 2.05) is 26.1 Å². The van der Waals surface area contributed by atoms with Crippen molar-refractivity contribution in [3.8, 4) is 5.75 Å². The molecule has 0 fully saturated rings. The molecule has 2 N–H and O–H groups in total. The van der Waals surface area contributed by atoms with Gasteiger partial charge < -0.3 is 10.1 Å². The average Bonchev–Trinajstić information content (AvgIpc) is 3.45. The van der Waals surface area contributed by atoms with E-state index >= 15 is 4.39 Å². The van der Waals surface area contributed by atoms with Gasteiger partial charge in [-0.2, -0.15) is 10.2 Å². The fourth-order valence-corrected chi connectivity index (χ4v) is 3.96. The Morgan fingerprint density at radius 2 is 2.12 bits per heavy atom. The Morgan fingerprint density at radius 1 is 1.28 bits per heavy atom. The number of halogens is 1. The van der Waals surface area contributed by atoms with Crippen molar-refractivity contribution in [1.82, 2.24) is 30.3 Å². The third kappa shape index (κ3) is 4.15. The number of ether oxygens (including phenoxy) is 1. The molecule has 4 rings (SSSR count). The van der Waals surface area contributed by atoms with Crippen LogP contribution in [-0.2, 0) is 16.9 Å². The van der Waals surface area contributed by atoms with Crippen molar-refractivity contribution in [3.05, 3.63) is 59.7 Å². The van der Waals surface area contributed by atoms with Crippen LogP contribution in [0.2, 0.25) is 0 Å². The summed E-state index contributed by atoms with van der Waals surface area (Å²) >= 11 is 0. The second-order valence-electron chi connectivity index (χ2n) is 8.05. The molecule has 0 saturated heterocycles. The average molecular weight is 439 g/mol. The summed E-state index contributed by atoms with van der Waals surface area (Å²) in [7, 11) is 0. The van der Waals surface area contributed by atoms with Crippen LogP contribution in [0.1, 0.15) is 57.1 Å². The quantitative estimate of drug-likeness (QED) is 0.523. The van der Waals surface area contributed by atoms with Crippen molar-refractivity contribution in [3.63, 3.8) is 0 Å². The molecule has 1 aromatic carbocycles. The van der Waals surface area contributed by atoms with Crippen LogP contribution in [0.25, 0.3) is 11.1 Å². The number of carbonyl (C=O) groups is 1. The molecule has 0 unspecified atom stereocenters. The zero-order chi connectivity index (χ0) is 22.7. The topological polar surface area (TPSA) is 97.7 Å². The van der Waals surface area contributed by atoms with Crippen LogP contribution in [0, 0.1) is 5.82 Å². The van der Waals surface area contributed by atoms with E-state index in [0.29, 0.717) is 53.5 Å². The largest absolute Gasteiger partial charge is 0.493 e. The lowest BCUT2D eigenvalue weighted by Crippen LogP contribution is -2.48. The van der Waals surface area contributed by atoms with E-state index in [0.717, 1.165) is 12.8 Å². The molecular formula is C23H27FN6O2. The third-order valence-corrected chi connectivity index (χ3v) is 5.68. The molecular weight excluding hydrogens is 411 g/mol. The SMILES string of the molecule is CCCCOc1ccc([C@]2(C)CC(c3ccn(CC)n3)=C(c3ncn[nH]3)C(=O)N2)c(F)c1. The van der Waals surface area contributed by atoms with E-state index in [2.05, 4.69) is 32.5 Å². The van der Waals surface area contributed by atoms with E-state index in [4.69, 9.17) is 4.74 Å². The zero-order valence-electron chi connectivity index (χ0n) is 18.5. The van der Waals surface area contributed by atoms with Crippen molar-refractivity contribution < 1.29 is 13.9 Å².